The van der Waals surface area contributed by atoms with E-state index >= 15 is 0 Å². The molecule has 19 heavy (non-hydrogen) atoms. The summed E-state index contributed by atoms with van der Waals surface area (Å²) in [7, 11) is 0. The Morgan fingerprint density at radius 3 is 2.53 bits per heavy atom. The fourth-order valence-electron chi connectivity index (χ4n) is 1.83. The zero-order valence-electron chi connectivity index (χ0n) is 10.5. The maximum absolute atomic E-state index is 9.11. The highest BCUT2D eigenvalue weighted by atomic mass is 79.9. The molecule has 96 valence electrons. The van der Waals surface area contributed by atoms with Crippen molar-refractivity contribution in [2.75, 3.05) is 11.1 Å². The Bertz CT molecular complexity index is 614. The zero-order chi connectivity index (χ0) is 13.8. The molecule has 3 nitrogen and oxygen atoms in total. The number of nitrogen functional groups attached to an aromatic ring is 1. The number of hydrogen-bond donors (Lipinski definition) is 2. The number of nitrogens with zero attached hydrogens (tertiary/aromatic N) is 1. The highest BCUT2D eigenvalue weighted by molar-refractivity contribution is 9.10. The highest BCUT2D eigenvalue weighted by Gasteiger charge is 2.08. The minimum atomic E-state index is 0.0991. The van der Waals surface area contributed by atoms with E-state index in [-0.39, 0.29) is 6.04 Å². The van der Waals surface area contributed by atoms with Crippen LogP contribution in [-0.4, -0.2) is 0 Å². The van der Waals surface area contributed by atoms with Crippen molar-refractivity contribution >= 4 is 27.3 Å². The number of hydrogen-bond acceptors (Lipinski definition) is 3. The summed E-state index contributed by atoms with van der Waals surface area (Å²) in [5, 5.41) is 12.5. The van der Waals surface area contributed by atoms with E-state index < -0.39 is 0 Å². The van der Waals surface area contributed by atoms with Crippen molar-refractivity contribution in [2.45, 2.75) is 13.0 Å². The highest BCUT2D eigenvalue weighted by Crippen LogP contribution is 2.25. The van der Waals surface area contributed by atoms with Crippen molar-refractivity contribution in [1.82, 2.24) is 0 Å². The van der Waals surface area contributed by atoms with Gasteiger partial charge in [0, 0.05) is 16.2 Å². The Labute approximate surface area is 121 Å². The van der Waals surface area contributed by atoms with Crippen LogP contribution in [0.25, 0.3) is 0 Å². The molecule has 0 saturated carbocycles. The van der Waals surface area contributed by atoms with E-state index in [2.05, 4.69) is 27.3 Å². The molecule has 0 radical (unpaired) electrons. The first kappa shape index (κ1) is 13.4. The van der Waals surface area contributed by atoms with Crippen molar-refractivity contribution in [3.8, 4) is 6.07 Å². The average Bonchev–Trinajstić information content (AvgIpc) is 2.39. The molecule has 0 aliphatic rings. The smallest absolute Gasteiger partial charge is 0.101 e. The van der Waals surface area contributed by atoms with Gasteiger partial charge in [-0.1, -0.05) is 28.1 Å². The lowest BCUT2D eigenvalue weighted by Crippen LogP contribution is -2.08. The normalized spacial score (nSPS) is 11.6. The van der Waals surface area contributed by atoms with Crippen LogP contribution < -0.4 is 11.1 Å². The molecule has 1 unspecified atom stereocenters. The van der Waals surface area contributed by atoms with Gasteiger partial charge in [0.05, 0.1) is 11.3 Å². The molecule has 4 heteroatoms. The maximum atomic E-state index is 9.11. The van der Waals surface area contributed by atoms with E-state index in [1.165, 1.54) is 0 Å². The van der Waals surface area contributed by atoms with Gasteiger partial charge in [-0.2, -0.15) is 5.26 Å². The SMILES string of the molecule is CC(Nc1cc(Br)ccc1C#N)c1ccc(N)cc1. The fraction of sp³-hybridized carbons (Fsp3) is 0.133. The van der Waals surface area contributed by atoms with Crippen LogP contribution in [0.2, 0.25) is 0 Å². The number of halogens is 1. The van der Waals surface area contributed by atoms with Gasteiger partial charge in [-0.3, -0.25) is 0 Å². The molecule has 0 aromatic heterocycles. The second kappa shape index (κ2) is 5.77. The van der Waals surface area contributed by atoms with Crippen LogP contribution in [0.15, 0.2) is 46.9 Å². The summed E-state index contributed by atoms with van der Waals surface area (Å²) in [6, 6.07) is 15.6. The van der Waals surface area contributed by atoms with Crippen molar-refractivity contribution in [1.29, 1.82) is 5.26 Å². The average molecular weight is 316 g/mol. The molecule has 3 N–H and O–H groups in total. The predicted octanol–water partition coefficient (Wildman–Crippen LogP) is 4.08. The van der Waals surface area contributed by atoms with Crippen LogP contribution >= 0.6 is 15.9 Å². The van der Waals surface area contributed by atoms with Crippen LogP contribution in [0.3, 0.4) is 0 Å². The third-order valence-electron chi connectivity index (χ3n) is 2.91. The maximum Gasteiger partial charge on any atom is 0.101 e. The summed E-state index contributed by atoms with van der Waals surface area (Å²) in [5.41, 5.74) is 9.00. The van der Waals surface area contributed by atoms with Crippen molar-refractivity contribution < 1.29 is 0 Å². The van der Waals surface area contributed by atoms with Gasteiger partial charge in [0.1, 0.15) is 6.07 Å². The third-order valence-corrected chi connectivity index (χ3v) is 3.40. The molecule has 0 amide bonds. The number of benzene rings is 2. The van der Waals surface area contributed by atoms with Gasteiger partial charge in [-0.05, 0) is 42.8 Å². The zero-order valence-corrected chi connectivity index (χ0v) is 12.1. The van der Waals surface area contributed by atoms with Crippen LogP contribution in [0.1, 0.15) is 24.1 Å². The van der Waals surface area contributed by atoms with Crippen LogP contribution in [-0.2, 0) is 0 Å². The lowest BCUT2D eigenvalue weighted by atomic mass is 10.1. The van der Waals surface area contributed by atoms with Gasteiger partial charge < -0.3 is 11.1 Å². The molecule has 0 spiro atoms. The first-order valence-electron chi connectivity index (χ1n) is 5.92. The van der Waals surface area contributed by atoms with E-state index in [9.17, 15) is 0 Å². The first-order chi connectivity index (χ1) is 9.10. The number of nitrogens with two attached hydrogens (primary N) is 1. The lowest BCUT2D eigenvalue weighted by molar-refractivity contribution is 0.884. The molecular formula is C15H14BrN3. The van der Waals surface area contributed by atoms with Crippen LogP contribution in [0.4, 0.5) is 11.4 Å². The number of nitriles is 1. The van der Waals surface area contributed by atoms with E-state index in [1.807, 2.05) is 43.3 Å². The van der Waals surface area contributed by atoms with E-state index in [4.69, 9.17) is 11.0 Å². The lowest BCUT2D eigenvalue weighted by Gasteiger charge is -2.17. The Balaban J connectivity index is 2.23. The monoisotopic (exact) mass is 315 g/mol. The van der Waals surface area contributed by atoms with Crippen molar-refractivity contribution in [2.24, 2.45) is 0 Å². The summed E-state index contributed by atoms with van der Waals surface area (Å²) in [4.78, 5) is 0. The number of rotatable bonds is 3. The van der Waals surface area contributed by atoms with E-state index in [0.29, 0.717) is 5.56 Å². The predicted molar refractivity (Wildman–Crippen MR) is 81.7 cm³/mol. The Kier molecular flexibility index (Phi) is 4.08. The van der Waals surface area contributed by atoms with Crippen LogP contribution in [0, 0.1) is 11.3 Å². The van der Waals surface area contributed by atoms with Gasteiger partial charge in [-0.15, -0.1) is 0 Å². The molecule has 0 aliphatic carbocycles. The topological polar surface area (TPSA) is 61.8 Å². The summed E-state index contributed by atoms with van der Waals surface area (Å²) in [5.74, 6) is 0. The second-order valence-electron chi connectivity index (χ2n) is 4.33. The fourth-order valence-corrected chi connectivity index (χ4v) is 2.20. The minimum Gasteiger partial charge on any atom is -0.399 e. The standard InChI is InChI=1S/C15H14BrN3/c1-10(11-3-6-14(18)7-4-11)19-15-8-13(16)5-2-12(15)9-17/h2-8,10,19H,18H2,1H3. The van der Waals surface area contributed by atoms with Gasteiger partial charge in [-0.25, -0.2) is 0 Å². The summed E-state index contributed by atoms with van der Waals surface area (Å²) in [6.07, 6.45) is 0. The molecular weight excluding hydrogens is 302 g/mol. The van der Waals surface area contributed by atoms with E-state index in [1.54, 1.807) is 6.07 Å². The molecule has 0 aliphatic heterocycles. The largest absolute Gasteiger partial charge is 0.399 e. The van der Waals surface area contributed by atoms with Crippen molar-refractivity contribution in [3.63, 3.8) is 0 Å². The van der Waals surface area contributed by atoms with Gasteiger partial charge in [0.2, 0.25) is 0 Å². The number of anilines is 2. The molecule has 0 saturated heterocycles. The summed E-state index contributed by atoms with van der Waals surface area (Å²) >= 11 is 3.42. The van der Waals surface area contributed by atoms with Gasteiger partial charge >= 0.3 is 0 Å². The quantitative estimate of drug-likeness (QED) is 0.839. The van der Waals surface area contributed by atoms with E-state index in [0.717, 1.165) is 21.4 Å². The molecule has 2 rings (SSSR count). The van der Waals surface area contributed by atoms with Gasteiger partial charge in [0.15, 0.2) is 0 Å². The Hall–Kier alpha value is -1.99. The third kappa shape index (κ3) is 3.27. The molecule has 0 fully saturated rings. The Morgan fingerprint density at radius 2 is 1.89 bits per heavy atom. The molecule has 2 aromatic carbocycles. The second-order valence-corrected chi connectivity index (χ2v) is 5.25. The molecule has 1 atom stereocenters. The Morgan fingerprint density at radius 1 is 1.21 bits per heavy atom. The first-order valence-corrected chi connectivity index (χ1v) is 6.71. The summed E-state index contributed by atoms with van der Waals surface area (Å²) < 4.78 is 0.943. The summed E-state index contributed by atoms with van der Waals surface area (Å²) in [6.45, 7) is 2.05. The van der Waals surface area contributed by atoms with Crippen LogP contribution in [0.5, 0.6) is 0 Å². The molecule has 2 aromatic rings. The molecule has 0 bridgehead atoms. The molecule has 0 heterocycles. The number of nitrogens with one attached hydrogen (secondary N) is 1. The van der Waals surface area contributed by atoms with Gasteiger partial charge in [0.25, 0.3) is 0 Å². The minimum absolute atomic E-state index is 0.0991. The van der Waals surface area contributed by atoms with Crippen molar-refractivity contribution in [3.05, 3.63) is 58.1 Å².